The van der Waals surface area contributed by atoms with Crippen molar-refractivity contribution in [1.82, 2.24) is 10.3 Å². The molecule has 1 N–H and O–H groups in total. The Morgan fingerprint density at radius 1 is 0.718 bits per heavy atom. The highest BCUT2D eigenvalue weighted by Crippen LogP contribution is 2.35. The fourth-order valence-electron chi connectivity index (χ4n) is 5.56. The number of fused-ring (bicyclic) bond motifs is 1. The predicted molar refractivity (Wildman–Crippen MR) is 164 cm³/mol. The van der Waals surface area contributed by atoms with Gasteiger partial charge < -0.3 is 5.32 Å². The zero-order chi connectivity index (χ0) is 26.6. The van der Waals surface area contributed by atoms with Crippen molar-refractivity contribution in [2.45, 2.75) is 26.3 Å². The average Bonchev–Trinajstić information content (AvgIpc) is 3.00. The molecule has 1 heterocycles. The van der Waals surface area contributed by atoms with Gasteiger partial charge in [0.1, 0.15) is 0 Å². The molecule has 5 aromatic rings. The lowest BCUT2D eigenvalue weighted by molar-refractivity contribution is 0.463. The number of rotatable bonds is 7. The highest BCUT2D eigenvalue weighted by molar-refractivity contribution is 5.95. The van der Waals surface area contributed by atoms with E-state index in [0.29, 0.717) is 11.8 Å². The molecule has 0 amide bonds. The molecular weight excluding hydrogens is 472 g/mol. The van der Waals surface area contributed by atoms with E-state index in [2.05, 4.69) is 153 Å². The smallest absolute Gasteiger partial charge is 0.0946 e. The number of hydrogen-bond acceptors (Lipinski definition) is 2. The fourth-order valence-corrected chi connectivity index (χ4v) is 5.56. The summed E-state index contributed by atoms with van der Waals surface area (Å²) in [5.41, 5.74) is 7.93. The Morgan fingerprint density at radius 2 is 1.44 bits per heavy atom. The second kappa shape index (κ2) is 11.1. The molecule has 1 aromatic heterocycles. The average molecular weight is 507 g/mol. The van der Waals surface area contributed by atoms with Crippen LogP contribution in [0.5, 0.6) is 0 Å². The van der Waals surface area contributed by atoms with Crippen LogP contribution in [0.4, 0.5) is 0 Å². The van der Waals surface area contributed by atoms with E-state index in [1.165, 1.54) is 27.5 Å². The summed E-state index contributed by atoms with van der Waals surface area (Å²) in [5, 5.41) is 6.33. The molecule has 0 spiro atoms. The van der Waals surface area contributed by atoms with Gasteiger partial charge in [0.25, 0.3) is 0 Å². The van der Waals surface area contributed by atoms with Gasteiger partial charge in [0.05, 0.1) is 17.4 Å². The maximum Gasteiger partial charge on any atom is 0.0946 e. The Hall–Kier alpha value is -4.43. The summed E-state index contributed by atoms with van der Waals surface area (Å²) in [5.74, 6) is 1.21. The van der Waals surface area contributed by atoms with Gasteiger partial charge in [-0.25, -0.2) is 0 Å². The standard InChI is InChI=1S/C37H34N2/c1-26(2)27-22-24-30(25-23-27)38-37(34-18-9-8-17-32(34)28-12-4-3-5-13-28)36-21-11-20-35(39-36)33-19-10-15-29-14-6-7-16-31(29)33/h3-22,24-27,37-38H,23H2,1-2H3. The summed E-state index contributed by atoms with van der Waals surface area (Å²) in [6.07, 6.45) is 8.00. The topological polar surface area (TPSA) is 24.9 Å². The first kappa shape index (κ1) is 24.9. The predicted octanol–water partition coefficient (Wildman–Crippen LogP) is 9.36. The summed E-state index contributed by atoms with van der Waals surface area (Å²) in [4.78, 5) is 5.30. The van der Waals surface area contributed by atoms with Gasteiger partial charge in [0.2, 0.25) is 0 Å². The molecule has 4 aromatic carbocycles. The molecule has 0 saturated carbocycles. The van der Waals surface area contributed by atoms with Crippen LogP contribution in [0.1, 0.15) is 37.6 Å². The van der Waals surface area contributed by atoms with Gasteiger partial charge in [0, 0.05) is 11.3 Å². The first-order valence-corrected chi connectivity index (χ1v) is 13.9. The summed E-state index contributed by atoms with van der Waals surface area (Å²) in [7, 11) is 0. The molecule has 0 radical (unpaired) electrons. The molecule has 39 heavy (non-hydrogen) atoms. The summed E-state index contributed by atoms with van der Waals surface area (Å²) in [6.45, 7) is 4.59. The Kier molecular flexibility index (Phi) is 7.10. The number of allylic oxidation sites excluding steroid dienone is 3. The van der Waals surface area contributed by atoms with Gasteiger partial charge in [-0.15, -0.1) is 0 Å². The van der Waals surface area contributed by atoms with Crippen LogP contribution in [0.25, 0.3) is 33.2 Å². The van der Waals surface area contributed by atoms with Gasteiger partial charge >= 0.3 is 0 Å². The number of benzene rings is 4. The maximum atomic E-state index is 5.30. The van der Waals surface area contributed by atoms with E-state index < -0.39 is 0 Å². The number of hydrogen-bond donors (Lipinski definition) is 1. The normalized spacial score (nSPS) is 15.8. The van der Waals surface area contributed by atoms with E-state index in [1.807, 2.05) is 0 Å². The third kappa shape index (κ3) is 5.28. The highest BCUT2D eigenvalue weighted by atomic mass is 15.0. The molecule has 2 unspecified atom stereocenters. The number of aromatic nitrogens is 1. The van der Waals surface area contributed by atoms with Crippen LogP contribution >= 0.6 is 0 Å². The molecule has 2 heteroatoms. The highest BCUT2D eigenvalue weighted by Gasteiger charge is 2.22. The van der Waals surface area contributed by atoms with E-state index >= 15 is 0 Å². The third-order valence-electron chi connectivity index (χ3n) is 7.79. The van der Waals surface area contributed by atoms with Crippen LogP contribution < -0.4 is 5.32 Å². The minimum Gasteiger partial charge on any atom is -0.373 e. The minimum absolute atomic E-state index is 0.108. The van der Waals surface area contributed by atoms with Crippen molar-refractivity contribution >= 4 is 10.8 Å². The van der Waals surface area contributed by atoms with Gasteiger partial charge in [-0.05, 0) is 63.9 Å². The van der Waals surface area contributed by atoms with Gasteiger partial charge in [-0.3, -0.25) is 4.98 Å². The molecule has 1 aliphatic carbocycles. The monoisotopic (exact) mass is 506 g/mol. The van der Waals surface area contributed by atoms with E-state index in [4.69, 9.17) is 4.98 Å². The lowest BCUT2D eigenvalue weighted by Gasteiger charge is -2.26. The number of nitrogens with one attached hydrogen (secondary N) is 1. The van der Waals surface area contributed by atoms with Crippen LogP contribution in [0.2, 0.25) is 0 Å². The zero-order valence-electron chi connectivity index (χ0n) is 22.6. The van der Waals surface area contributed by atoms with Crippen molar-refractivity contribution in [2.24, 2.45) is 11.8 Å². The van der Waals surface area contributed by atoms with Gasteiger partial charge in [-0.1, -0.05) is 129 Å². The molecule has 1 aliphatic rings. The molecule has 0 fully saturated rings. The lowest BCUT2D eigenvalue weighted by Crippen LogP contribution is -2.24. The SMILES string of the molecule is CC(C)C1C=CC(NC(c2cccc(-c3cccc4ccccc34)n2)c2ccccc2-c2ccccc2)=CC1. The molecule has 2 atom stereocenters. The van der Waals surface area contributed by atoms with Crippen molar-refractivity contribution in [2.75, 3.05) is 0 Å². The maximum absolute atomic E-state index is 5.30. The Bertz CT molecular complexity index is 1640. The number of pyridine rings is 1. The Balaban J connectivity index is 1.46. The molecule has 192 valence electrons. The van der Waals surface area contributed by atoms with Crippen molar-refractivity contribution in [3.63, 3.8) is 0 Å². The van der Waals surface area contributed by atoms with Crippen molar-refractivity contribution in [3.8, 4) is 22.4 Å². The fraction of sp³-hybridized carbons (Fsp3) is 0.162. The van der Waals surface area contributed by atoms with Crippen molar-refractivity contribution < 1.29 is 0 Å². The zero-order valence-corrected chi connectivity index (χ0v) is 22.6. The first-order valence-electron chi connectivity index (χ1n) is 13.9. The Labute approximate surface area is 231 Å². The minimum atomic E-state index is -0.108. The summed E-state index contributed by atoms with van der Waals surface area (Å²) in [6, 6.07) is 40.6. The van der Waals surface area contributed by atoms with E-state index in [9.17, 15) is 0 Å². The van der Waals surface area contributed by atoms with Crippen LogP contribution in [0.3, 0.4) is 0 Å². The first-order chi connectivity index (χ1) is 19.2. The molecule has 0 aliphatic heterocycles. The largest absolute Gasteiger partial charge is 0.373 e. The van der Waals surface area contributed by atoms with E-state index in [-0.39, 0.29) is 6.04 Å². The summed E-state index contributed by atoms with van der Waals surface area (Å²) >= 11 is 0. The molecule has 0 saturated heterocycles. The van der Waals surface area contributed by atoms with E-state index in [0.717, 1.165) is 29.1 Å². The van der Waals surface area contributed by atoms with Crippen LogP contribution in [-0.2, 0) is 0 Å². The molecular formula is C37H34N2. The molecule has 2 nitrogen and oxygen atoms in total. The van der Waals surface area contributed by atoms with Crippen molar-refractivity contribution in [1.29, 1.82) is 0 Å². The number of nitrogens with zero attached hydrogens (tertiary/aromatic N) is 1. The van der Waals surface area contributed by atoms with Crippen LogP contribution in [-0.4, -0.2) is 4.98 Å². The molecule has 6 rings (SSSR count). The molecule has 0 bridgehead atoms. The van der Waals surface area contributed by atoms with Crippen LogP contribution in [0, 0.1) is 11.8 Å². The van der Waals surface area contributed by atoms with Gasteiger partial charge in [0.15, 0.2) is 0 Å². The second-order valence-corrected chi connectivity index (χ2v) is 10.7. The Morgan fingerprint density at radius 3 is 2.26 bits per heavy atom. The van der Waals surface area contributed by atoms with Crippen LogP contribution in [0.15, 0.2) is 139 Å². The lowest BCUT2D eigenvalue weighted by atomic mass is 9.88. The van der Waals surface area contributed by atoms with Gasteiger partial charge in [-0.2, -0.15) is 0 Å². The second-order valence-electron chi connectivity index (χ2n) is 10.7. The van der Waals surface area contributed by atoms with Crippen molar-refractivity contribution in [3.05, 3.63) is 150 Å². The quantitative estimate of drug-likeness (QED) is 0.238. The summed E-state index contributed by atoms with van der Waals surface area (Å²) < 4.78 is 0. The van der Waals surface area contributed by atoms with E-state index in [1.54, 1.807) is 0 Å². The third-order valence-corrected chi connectivity index (χ3v) is 7.79.